The van der Waals surface area contributed by atoms with Crippen LogP contribution in [0.5, 0.6) is 0 Å². The minimum Gasteiger partial charge on any atom is -0.343 e. The normalized spacial score (nSPS) is 15.7. The molecule has 0 heterocycles. The standard InChI is InChI=1S/C9H11Cl4N2PS/c1-15(2)16(17,9(11,12)13)14-8-5-3-7(10)4-6-8/h3-6H,1-2H3,(H,14,17)/t16-/m1/s1. The van der Waals surface area contributed by atoms with Crippen molar-refractivity contribution in [2.45, 2.75) is 3.53 Å². The van der Waals surface area contributed by atoms with Crippen LogP contribution >= 0.6 is 52.7 Å². The number of benzene rings is 1. The summed E-state index contributed by atoms with van der Waals surface area (Å²) in [5, 5.41) is 3.76. The fourth-order valence-electron chi connectivity index (χ4n) is 1.09. The van der Waals surface area contributed by atoms with Gasteiger partial charge in [-0.15, -0.1) is 0 Å². The van der Waals surface area contributed by atoms with E-state index < -0.39 is 9.87 Å². The lowest BCUT2D eigenvalue weighted by Crippen LogP contribution is -2.24. The second-order valence-electron chi connectivity index (χ2n) is 3.51. The van der Waals surface area contributed by atoms with Crippen molar-refractivity contribution >= 4 is 70.2 Å². The molecule has 0 aliphatic carbocycles. The second-order valence-corrected chi connectivity index (χ2v) is 11.4. The lowest BCUT2D eigenvalue weighted by molar-refractivity contribution is 0.676. The molecule has 0 aromatic heterocycles. The number of nitrogens with one attached hydrogen (secondary N) is 1. The van der Waals surface area contributed by atoms with Crippen molar-refractivity contribution in [3.05, 3.63) is 29.3 Å². The molecule has 0 amide bonds. The van der Waals surface area contributed by atoms with Gasteiger partial charge in [-0.1, -0.05) is 58.2 Å². The van der Waals surface area contributed by atoms with Crippen LogP contribution < -0.4 is 5.09 Å². The highest BCUT2D eigenvalue weighted by Crippen LogP contribution is 2.65. The lowest BCUT2D eigenvalue weighted by Gasteiger charge is -2.35. The van der Waals surface area contributed by atoms with Gasteiger partial charge in [0.2, 0.25) is 3.53 Å². The molecule has 2 nitrogen and oxygen atoms in total. The third kappa shape index (κ3) is 3.87. The number of rotatable bonds is 3. The molecule has 1 aromatic rings. The van der Waals surface area contributed by atoms with E-state index in [-0.39, 0.29) is 0 Å². The van der Waals surface area contributed by atoms with Crippen LogP contribution in [0.15, 0.2) is 24.3 Å². The van der Waals surface area contributed by atoms with Gasteiger partial charge in [-0.3, -0.25) is 4.67 Å². The third-order valence-electron chi connectivity index (χ3n) is 2.03. The molecular weight excluding hydrogens is 341 g/mol. The van der Waals surface area contributed by atoms with Crippen LogP contribution in [0.25, 0.3) is 0 Å². The smallest absolute Gasteiger partial charge is 0.248 e. The van der Waals surface area contributed by atoms with Crippen molar-refractivity contribution in [1.29, 1.82) is 0 Å². The molecular formula is C9H11Cl4N2PS. The van der Waals surface area contributed by atoms with Crippen molar-refractivity contribution in [3.63, 3.8) is 0 Å². The molecule has 96 valence electrons. The number of hydrogen-bond acceptors (Lipinski definition) is 1. The van der Waals surface area contributed by atoms with Crippen molar-refractivity contribution < 1.29 is 0 Å². The molecule has 17 heavy (non-hydrogen) atoms. The molecule has 0 saturated heterocycles. The number of nitrogens with zero attached hydrogens (tertiary/aromatic N) is 1. The lowest BCUT2D eigenvalue weighted by atomic mass is 10.3. The zero-order valence-electron chi connectivity index (χ0n) is 9.12. The Hall–Kier alpha value is 0.790. The largest absolute Gasteiger partial charge is 0.343 e. The first kappa shape index (κ1) is 15.8. The van der Waals surface area contributed by atoms with E-state index in [4.69, 9.17) is 58.2 Å². The van der Waals surface area contributed by atoms with Crippen LogP contribution in [0.3, 0.4) is 0 Å². The molecule has 1 N–H and O–H groups in total. The van der Waals surface area contributed by atoms with E-state index in [2.05, 4.69) is 5.09 Å². The number of alkyl halides is 3. The van der Waals surface area contributed by atoms with Gasteiger partial charge in [0.05, 0.1) is 0 Å². The summed E-state index contributed by atoms with van der Waals surface area (Å²) in [5.41, 5.74) is 0.776. The van der Waals surface area contributed by atoms with E-state index >= 15 is 0 Å². The highest BCUT2D eigenvalue weighted by Gasteiger charge is 2.41. The Morgan fingerprint density at radius 1 is 1.18 bits per heavy atom. The Morgan fingerprint density at radius 2 is 1.65 bits per heavy atom. The zero-order valence-corrected chi connectivity index (χ0v) is 13.9. The SMILES string of the molecule is CN(C)[P@](=S)(Nc1ccc(Cl)cc1)C(Cl)(Cl)Cl. The van der Waals surface area contributed by atoms with E-state index in [1.807, 2.05) is 0 Å². The fourth-order valence-corrected chi connectivity index (χ4v) is 4.55. The molecule has 1 atom stereocenters. The summed E-state index contributed by atoms with van der Waals surface area (Å²) in [4.78, 5) is 0. The Bertz CT molecular complexity index is 430. The quantitative estimate of drug-likeness (QED) is 0.612. The maximum atomic E-state index is 5.96. The maximum Gasteiger partial charge on any atom is 0.248 e. The summed E-state index contributed by atoms with van der Waals surface area (Å²) in [6.07, 6.45) is -2.54. The summed E-state index contributed by atoms with van der Waals surface area (Å²) in [7, 11) is 3.57. The van der Waals surface area contributed by atoms with Gasteiger partial charge in [-0.05, 0) is 38.4 Å². The van der Waals surface area contributed by atoms with Crippen molar-refractivity contribution in [2.75, 3.05) is 19.2 Å². The van der Waals surface area contributed by atoms with Gasteiger partial charge in [0.25, 0.3) is 0 Å². The predicted molar refractivity (Wildman–Crippen MR) is 83.3 cm³/mol. The van der Waals surface area contributed by atoms with Gasteiger partial charge in [0.15, 0.2) is 0 Å². The van der Waals surface area contributed by atoms with Gasteiger partial charge >= 0.3 is 0 Å². The Balaban J connectivity index is 3.04. The molecule has 1 rings (SSSR count). The van der Waals surface area contributed by atoms with Crippen LogP contribution in [0.2, 0.25) is 5.02 Å². The van der Waals surface area contributed by atoms with Crippen LogP contribution in [0.4, 0.5) is 5.69 Å². The summed E-state index contributed by atoms with van der Waals surface area (Å²) in [6, 6.07) is 7.09. The van der Waals surface area contributed by atoms with E-state index in [0.29, 0.717) is 5.02 Å². The van der Waals surface area contributed by atoms with Crippen LogP contribution in [-0.4, -0.2) is 22.3 Å². The van der Waals surface area contributed by atoms with Gasteiger partial charge in [-0.2, -0.15) is 0 Å². The predicted octanol–water partition coefficient (Wildman–Crippen LogP) is 4.95. The first-order chi connectivity index (χ1) is 7.67. The highest BCUT2D eigenvalue weighted by atomic mass is 35.6. The van der Waals surface area contributed by atoms with E-state index in [0.717, 1.165) is 5.69 Å². The Kier molecular flexibility index (Phi) is 5.44. The van der Waals surface area contributed by atoms with Gasteiger partial charge in [0, 0.05) is 10.7 Å². The first-order valence-corrected chi connectivity index (χ1v) is 8.82. The Labute approximate surface area is 126 Å². The average molecular weight is 352 g/mol. The summed E-state index contributed by atoms with van der Waals surface area (Å²) < 4.78 is 0.190. The van der Waals surface area contributed by atoms with Crippen LogP contribution in [-0.2, 0) is 11.8 Å². The van der Waals surface area contributed by atoms with Crippen molar-refractivity contribution in [3.8, 4) is 0 Å². The first-order valence-electron chi connectivity index (χ1n) is 4.55. The molecule has 0 aliphatic rings. The van der Waals surface area contributed by atoms with Crippen molar-refractivity contribution in [2.24, 2.45) is 0 Å². The minimum absolute atomic E-state index is 0.641. The summed E-state index contributed by atoms with van der Waals surface area (Å²) >= 11 is 29.2. The molecule has 0 aliphatic heterocycles. The summed E-state index contributed by atoms with van der Waals surface area (Å²) in [6.45, 7) is 0. The Morgan fingerprint density at radius 3 is 2.00 bits per heavy atom. The average Bonchev–Trinajstić information content (AvgIpc) is 2.19. The molecule has 0 fully saturated rings. The molecule has 0 bridgehead atoms. The monoisotopic (exact) mass is 350 g/mol. The second kappa shape index (κ2) is 5.83. The van der Waals surface area contributed by atoms with Crippen LogP contribution in [0, 0.1) is 0 Å². The fraction of sp³-hybridized carbons (Fsp3) is 0.333. The van der Waals surface area contributed by atoms with Gasteiger partial charge < -0.3 is 5.09 Å². The molecule has 0 spiro atoms. The zero-order chi connectivity index (χ0) is 13.3. The van der Waals surface area contributed by atoms with Gasteiger partial charge in [0.1, 0.15) is 6.34 Å². The van der Waals surface area contributed by atoms with E-state index in [1.54, 1.807) is 43.0 Å². The molecule has 8 heteroatoms. The van der Waals surface area contributed by atoms with Crippen LogP contribution in [0.1, 0.15) is 0 Å². The van der Waals surface area contributed by atoms with E-state index in [9.17, 15) is 0 Å². The molecule has 1 aromatic carbocycles. The van der Waals surface area contributed by atoms with Gasteiger partial charge in [-0.25, -0.2) is 0 Å². The molecule has 0 radical (unpaired) electrons. The molecule has 0 saturated carbocycles. The maximum absolute atomic E-state index is 5.96. The number of hydrogen-bond donors (Lipinski definition) is 1. The summed E-state index contributed by atoms with van der Waals surface area (Å²) in [5.74, 6) is 0. The topological polar surface area (TPSA) is 15.3 Å². The third-order valence-corrected chi connectivity index (χ3v) is 9.84. The number of halogens is 4. The highest BCUT2D eigenvalue weighted by molar-refractivity contribution is 8.16. The molecule has 0 unspecified atom stereocenters. The number of anilines is 1. The minimum atomic E-state index is -2.54. The van der Waals surface area contributed by atoms with E-state index in [1.165, 1.54) is 0 Å². The van der Waals surface area contributed by atoms with Crippen molar-refractivity contribution in [1.82, 2.24) is 4.67 Å².